The maximum Gasteiger partial charge on any atom is 0.491 e. The number of hydrogen-bond acceptors (Lipinski definition) is 7. The fraction of sp³-hybridized carbons (Fsp3) is 0.206. The van der Waals surface area contributed by atoms with Gasteiger partial charge in [-0.25, -0.2) is 12.8 Å². The Kier molecular flexibility index (Phi) is 7.79. The van der Waals surface area contributed by atoms with Gasteiger partial charge in [0.2, 0.25) is 10.0 Å². The molecule has 0 bridgehead atoms. The van der Waals surface area contributed by atoms with Gasteiger partial charge in [0.05, 0.1) is 23.6 Å². The molecule has 5 aromatic rings. The molecule has 1 amide bonds. The molecule has 3 N–H and O–H groups in total. The molecular weight excluding hydrogens is 610 g/mol. The van der Waals surface area contributed by atoms with Gasteiger partial charge < -0.3 is 24.1 Å². The van der Waals surface area contributed by atoms with Crippen molar-refractivity contribution in [1.82, 2.24) is 5.32 Å². The van der Waals surface area contributed by atoms with Gasteiger partial charge in [-0.05, 0) is 102 Å². The van der Waals surface area contributed by atoms with Gasteiger partial charge in [-0.3, -0.25) is 9.52 Å². The summed E-state index contributed by atoms with van der Waals surface area (Å²) in [4.78, 5) is 13.2. The number of ether oxygens (including phenoxy) is 1. The first-order valence-electron chi connectivity index (χ1n) is 15.0. The van der Waals surface area contributed by atoms with Crippen LogP contribution < -0.4 is 20.2 Å². The number of sulfonamides is 1. The molecule has 1 saturated carbocycles. The predicted octanol–water partition coefficient (Wildman–Crippen LogP) is 5.47. The topological polar surface area (TPSA) is 127 Å². The standard InChI is InChI=1S/C34H30BFN2O7S/c1-37-34(39)32-28-17-27(21-3-4-21)30(38-46(41,42)15-14-20-2-13-29-23(16-20)19-43-35(29)40)18-31(28)45-33(32)22-5-9-25(10-6-22)44-26-11-7-24(36)8-12-26/h2,5-13,16-18,21,38,40H,3-4,14-15,19H2,1H3,(H,37,39). The molecule has 4 aromatic carbocycles. The summed E-state index contributed by atoms with van der Waals surface area (Å²) in [5.74, 6) is 0.681. The first-order valence-corrected chi connectivity index (χ1v) is 16.6. The summed E-state index contributed by atoms with van der Waals surface area (Å²) in [6.45, 7) is 0.289. The van der Waals surface area contributed by atoms with E-state index < -0.39 is 17.1 Å². The molecule has 9 nitrogen and oxygen atoms in total. The van der Waals surface area contributed by atoms with E-state index in [0.29, 0.717) is 50.5 Å². The van der Waals surface area contributed by atoms with E-state index in [2.05, 4.69) is 10.0 Å². The zero-order valence-electron chi connectivity index (χ0n) is 24.9. The molecule has 7 rings (SSSR count). The maximum atomic E-state index is 13.3. The molecule has 1 aromatic heterocycles. The van der Waals surface area contributed by atoms with E-state index in [-0.39, 0.29) is 36.4 Å². The Morgan fingerprint density at radius 3 is 2.43 bits per heavy atom. The smallest absolute Gasteiger partial charge is 0.457 e. The highest BCUT2D eigenvalue weighted by Crippen LogP contribution is 2.47. The lowest BCUT2D eigenvalue weighted by Gasteiger charge is -2.13. The first-order chi connectivity index (χ1) is 22.2. The van der Waals surface area contributed by atoms with Gasteiger partial charge >= 0.3 is 7.12 Å². The average Bonchev–Trinajstić information content (AvgIpc) is 3.74. The zero-order valence-corrected chi connectivity index (χ0v) is 25.7. The number of carbonyl (C=O) groups is 1. The number of amides is 1. The number of nitrogens with one attached hydrogen (secondary N) is 2. The van der Waals surface area contributed by atoms with Crippen molar-refractivity contribution >= 4 is 45.2 Å². The second-order valence-electron chi connectivity index (χ2n) is 11.5. The molecule has 0 radical (unpaired) electrons. The van der Waals surface area contributed by atoms with Crippen molar-refractivity contribution < 1.29 is 36.4 Å². The van der Waals surface area contributed by atoms with Crippen molar-refractivity contribution in [2.45, 2.75) is 31.8 Å². The highest BCUT2D eigenvalue weighted by molar-refractivity contribution is 7.92. The van der Waals surface area contributed by atoms with Crippen LogP contribution in [0.2, 0.25) is 0 Å². The minimum atomic E-state index is -3.75. The number of aryl methyl sites for hydroxylation is 1. The number of halogens is 1. The summed E-state index contributed by atoms with van der Waals surface area (Å²) < 4.78 is 60.0. The van der Waals surface area contributed by atoms with Crippen LogP contribution >= 0.6 is 0 Å². The Hall–Kier alpha value is -4.65. The molecule has 234 valence electrons. The van der Waals surface area contributed by atoms with Crippen molar-refractivity contribution in [3.05, 3.63) is 107 Å². The number of furan rings is 1. The number of anilines is 1. The molecule has 46 heavy (non-hydrogen) atoms. The van der Waals surface area contributed by atoms with Crippen molar-refractivity contribution in [2.75, 3.05) is 17.5 Å². The van der Waals surface area contributed by atoms with Gasteiger partial charge in [-0.15, -0.1) is 0 Å². The quantitative estimate of drug-likeness (QED) is 0.173. The number of benzene rings is 4. The number of fused-ring (bicyclic) bond motifs is 2. The molecule has 1 aliphatic heterocycles. The predicted molar refractivity (Wildman–Crippen MR) is 173 cm³/mol. The van der Waals surface area contributed by atoms with E-state index in [9.17, 15) is 22.6 Å². The SMILES string of the molecule is CNC(=O)c1c(-c2ccc(Oc3ccc(F)cc3)cc2)oc2cc(NS(=O)(=O)CCc3ccc4c(c3)COB4O)c(C3CC3)cc12. The highest BCUT2D eigenvalue weighted by atomic mass is 32.2. The minimum Gasteiger partial charge on any atom is -0.457 e. The van der Waals surface area contributed by atoms with Crippen LogP contribution in [0.15, 0.2) is 83.3 Å². The molecule has 1 fully saturated rings. The minimum absolute atomic E-state index is 0.142. The summed E-state index contributed by atoms with van der Waals surface area (Å²) in [6.07, 6.45) is 2.12. The number of carbonyl (C=O) groups excluding carboxylic acids is 1. The molecule has 0 atom stereocenters. The number of rotatable bonds is 10. The van der Waals surface area contributed by atoms with Crippen LogP contribution in [0.1, 0.15) is 45.8 Å². The van der Waals surface area contributed by atoms with Gasteiger partial charge in [-0.1, -0.05) is 18.2 Å². The number of hydrogen-bond donors (Lipinski definition) is 3. The summed E-state index contributed by atoms with van der Waals surface area (Å²) in [5, 5.41) is 13.2. The zero-order chi connectivity index (χ0) is 32.0. The molecule has 1 aliphatic carbocycles. The van der Waals surface area contributed by atoms with Crippen molar-refractivity contribution in [2.24, 2.45) is 0 Å². The monoisotopic (exact) mass is 640 g/mol. The first kappa shape index (κ1) is 30.0. The van der Waals surface area contributed by atoms with Crippen LogP contribution in [0.4, 0.5) is 10.1 Å². The molecule has 0 saturated heterocycles. The van der Waals surface area contributed by atoms with Crippen LogP contribution in [-0.4, -0.2) is 39.3 Å². The Balaban J connectivity index is 1.17. The Labute approximate surface area is 265 Å². The van der Waals surface area contributed by atoms with Crippen LogP contribution in [0.3, 0.4) is 0 Å². The second-order valence-corrected chi connectivity index (χ2v) is 13.4. The van der Waals surface area contributed by atoms with E-state index in [1.54, 1.807) is 49.5 Å². The lowest BCUT2D eigenvalue weighted by atomic mass is 9.79. The average molecular weight is 640 g/mol. The summed E-state index contributed by atoms with van der Waals surface area (Å²) >= 11 is 0. The highest BCUT2D eigenvalue weighted by Gasteiger charge is 2.31. The molecule has 0 unspecified atom stereocenters. The lowest BCUT2D eigenvalue weighted by Crippen LogP contribution is -2.28. The van der Waals surface area contributed by atoms with Crippen LogP contribution in [0, 0.1) is 5.82 Å². The van der Waals surface area contributed by atoms with Crippen LogP contribution in [0.25, 0.3) is 22.3 Å². The molecule has 0 spiro atoms. The van der Waals surface area contributed by atoms with E-state index in [1.165, 1.54) is 24.3 Å². The normalized spacial score (nSPS) is 14.4. The van der Waals surface area contributed by atoms with E-state index in [4.69, 9.17) is 13.8 Å². The molecule has 2 aliphatic rings. The van der Waals surface area contributed by atoms with Gasteiger partial charge in [0.1, 0.15) is 28.7 Å². The molecule has 12 heteroatoms. The summed E-state index contributed by atoms with van der Waals surface area (Å²) in [7, 11) is -3.15. The maximum absolute atomic E-state index is 13.3. The fourth-order valence-electron chi connectivity index (χ4n) is 5.76. The van der Waals surface area contributed by atoms with Gasteiger partial charge in [-0.2, -0.15) is 0 Å². The summed E-state index contributed by atoms with van der Waals surface area (Å²) in [5.41, 5.74) is 5.00. The fourth-order valence-corrected chi connectivity index (χ4v) is 6.88. The van der Waals surface area contributed by atoms with Gasteiger partial charge in [0.15, 0.2) is 0 Å². The molecule has 2 heterocycles. The van der Waals surface area contributed by atoms with E-state index in [1.807, 2.05) is 12.1 Å². The van der Waals surface area contributed by atoms with Crippen molar-refractivity contribution in [3.8, 4) is 22.8 Å². The third-order valence-corrected chi connectivity index (χ3v) is 9.56. The molecular formula is C34H30BFN2O7S. The van der Waals surface area contributed by atoms with Gasteiger partial charge in [0, 0.05) is 24.1 Å². The van der Waals surface area contributed by atoms with E-state index in [0.717, 1.165) is 29.5 Å². The van der Waals surface area contributed by atoms with Crippen LogP contribution in [-0.2, 0) is 27.7 Å². The Morgan fingerprint density at radius 1 is 1.02 bits per heavy atom. The van der Waals surface area contributed by atoms with E-state index >= 15 is 0 Å². The largest absolute Gasteiger partial charge is 0.491 e. The van der Waals surface area contributed by atoms with Gasteiger partial charge in [0.25, 0.3) is 5.91 Å². The third kappa shape index (κ3) is 6.11. The summed E-state index contributed by atoms with van der Waals surface area (Å²) in [6, 6.07) is 21.6. The second kappa shape index (κ2) is 11.9. The lowest BCUT2D eigenvalue weighted by molar-refractivity contribution is 0.0964. The Bertz CT molecular complexity index is 2060. The van der Waals surface area contributed by atoms with Crippen LogP contribution in [0.5, 0.6) is 11.5 Å². The Morgan fingerprint density at radius 2 is 1.74 bits per heavy atom. The third-order valence-electron chi connectivity index (χ3n) is 8.29. The van der Waals surface area contributed by atoms with Crippen molar-refractivity contribution in [1.29, 1.82) is 0 Å². The van der Waals surface area contributed by atoms with Crippen molar-refractivity contribution in [3.63, 3.8) is 0 Å².